The van der Waals surface area contributed by atoms with Crippen LogP contribution in [-0.2, 0) is 29.0 Å². The third-order valence-electron chi connectivity index (χ3n) is 6.33. The van der Waals surface area contributed by atoms with Crippen LogP contribution in [0.1, 0.15) is 57.1 Å². The van der Waals surface area contributed by atoms with Crippen molar-refractivity contribution in [2.45, 2.75) is 44.6 Å². The minimum Gasteiger partial charge on any atom is -0.478 e. The number of benzene rings is 2. The topological polar surface area (TPSA) is 83.9 Å². The number of hydrogen-bond acceptors (Lipinski definition) is 5. The molecule has 182 valence electrons. The van der Waals surface area contributed by atoms with Crippen LogP contribution in [0.5, 0.6) is 0 Å². The van der Waals surface area contributed by atoms with E-state index in [1.165, 1.54) is 11.3 Å². The highest BCUT2D eigenvalue weighted by Gasteiger charge is 2.31. The number of nitrogens with zero attached hydrogens (tertiary/aromatic N) is 1. The van der Waals surface area contributed by atoms with Gasteiger partial charge in [0.05, 0.1) is 5.56 Å². The van der Waals surface area contributed by atoms with Crippen molar-refractivity contribution in [3.8, 4) is 0 Å². The molecule has 1 N–H and O–H groups in total. The minimum atomic E-state index is -1.02. The number of aryl methyl sites for hydroxylation is 1. The summed E-state index contributed by atoms with van der Waals surface area (Å²) in [4.78, 5) is 39.7. The SMILES string of the molecule is O=C(CCc1ccccc1)Cc1scc(C2CCCN(C(=O)OCc3ccccc3)C2)c1C(=O)O. The van der Waals surface area contributed by atoms with E-state index in [1.807, 2.05) is 66.0 Å². The zero-order valence-corrected chi connectivity index (χ0v) is 20.3. The molecule has 1 atom stereocenters. The Bertz CT molecular complexity index is 1160. The number of carbonyl (C=O) groups is 3. The number of Topliss-reactive ketones (excluding diaryl/α,β-unsaturated/α-hetero) is 1. The number of carboxylic acid groups (broad SMARTS) is 1. The lowest BCUT2D eigenvalue weighted by Gasteiger charge is -2.32. The Balaban J connectivity index is 1.39. The summed E-state index contributed by atoms with van der Waals surface area (Å²) < 4.78 is 5.48. The lowest BCUT2D eigenvalue weighted by atomic mass is 9.89. The smallest absolute Gasteiger partial charge is 0.410 e. The van der Waals surface area contributed by atoms with E-state index in [-0.39, 0.29) is 36.4 Å². The maximum absolute atomic E-state index is 12.7. The number of carbonyl (C=O) groups excluding carboxylic acids is 2. The first kappa shape index (κ1) is 24.7. The van der Waals surface area contributed by atoms with E-state index in [0.29, 0.717) is 36.4 Å². The number of ether oxygens (including phenoxy) is 1. The van der Waals surface area contributed by atoms with Crippen LogP contribution in [0.4, 0.5) is 4.79 Å². The first-order valence-corrected chi connectivity index (χ1v) is 12.7. The van der Waals surface area contributed by atoms with Gasteiger partial charge in [-0.25, -0.2) is 9.59 Å². The van der Waals surface area contributed by atoms with E-state index >= 15 is 0 Å². The molecule has 1 saturated heterocycles. The number of amides is 1. The lowest BCUT2D eigenvalue weighted by molar-refractivity contribution is -0.118. The van der Waals surface area contributed by atoms with Crippen LogP contribution in [0.15, 0.2) is 66.0 Å². The quantitative estimate of drug-likeness (QED) is 0.415. The average molecular weight is 492 g/mol. The van der Waals surface area contributed by atoms with Gasteiger partial charge in [-0.1, -0.05) is 60.7 Å². The molecule has 3 aromatic rings. The summed E-state index contributed by atoms with van der Waals surface area (Å²) in [5, 5.41) is 11.8. The van der Waals surface area contributed by atoms with Gasteiger partial charge in [-0.15, -0.1) is 11.3 Å². The number of carboxylic acids is 1. The number of ketones is 1. The molecule has 35 heavy (non-hydrogen) atoms. The van der Waals surface area contributed by atoms with Gasteiger partial charge in [0.2, 0.25) is 0 Å². The molecule has 2 heterocycles. The van der Waals surface area contributed by atoms with Crippen molar-refractivity contribution < 1.29 is 24.2 Å². The van der Waals surface area contributed by atoms with Crippen LogP contribution >= 0.6 is 11.3 Å². The number of hydrogen-bond donors (Lipinski definition) is 1. The maximum atomic E-state index is 12.7. The second-order valence-electron chi connectivity index (χ2n) is 8.82. The zero-order chi connectivity index (χ0) is 24.6. The van der Waals surface area contributed by atoms with Gasteiger partial charge in [-0.3, -0.25) is 4.79 Å². The molecular weight excluding hydrogens is 462 g/mol. The number of piperidine rings is 1. The molecule has 1 aliphatic heterocycles. The van der Waals surface area contributed by atoms with E-state index in [9.17, 15) is 19.5 Å². The van der Waals surface area contributed by atoms with Crippen molar-refractivity contribution in [1.29, 1.82) is 0 Å². The van der Waals surface area contributed by atoms with E-state index in [4.69, 9.17) is 4.74 Å². The lowest BCUT2D eigenvalue weighted by Crippen LogP contribution is -2.39. The fourth-order valence-corrected chi connectivity index (χ4v) is 5.64. The van der Waals surface area contributed by atoms with E-state index in [1.54, 1.807) is 4.90 Å². The maximum Gasteiger partial charge on any atom is 0.410 e. The number of aromatic carboxylic acids is 1. The molecule has 0 spiro atoms. The third kappa shape index (κ3) is 6.57. The summed E-state index contributed by atoms with van der Waals surface area (Å²) in [5.74, 6) is -1.08. The predicted octanol–water partition coefficient (Wildman–Crippen LogP) is 5.71. The molecule has 0 radical (unpaired) electrons. The first-order valence-electron chi connectivity index (χ1n) is 11.9. The number of rotatable bonds is 9. The summed E-state index contributed by atoms with van der Waals surface area (Å²) in [6, 6.07) is 19.3. The van der Waals surface area contributed by atoms with Crippen molar-refractivity contribution in [3.63, 3.8) is 0 Å². The third-order valence-corrected chi connectivity index (χ3v) is 7.33. The predicted molar refractivity (Wildman–Crippen MR) is 135 cm³/mol. The van der Waals surface area contributed by atoms with Gasteiger partial charge in [0, 0.05) is 36.7 Å². The average Bonchev–Trinajstić information content (AvgIpc) is 3.31. The molecule has 0 saturated carbocycles. The summed E-state index contributed by atoms with van der Waals surface area (Å²) in [7, 11) is 0. The van der Waals surface area contributed by atoms with E-state index in [2.05, 4.69) is 0 Å². The monoisotopic (exact) mass is 491 g/mol. The highest BCUT2D eigenvalue weighted by Crippen LogP contribution is 2.35. The van der Waals surface area contributed by atoms with E-state index in [0.717, 1.165) is 24.0 Å². The van der Waals surface area contributed by atoms with Gasteiger partial charge in [-0.05, 0) is 41.3 Å². The second-order valence-corrected chi connectivity index (χ2v) is 9.78. The molecule has 2 aromatic carbocycles. The van der Waals surface area contributed by atoms with Gasteiger partial charge >= 0.3 is 12.1 Å². The Labute approximate surface area is 209 Å². The van der Waals surface area contributed by atoms with Crippen molar-refractivity contribution in [2.75, 3.05) is 13.1 Å². The van der Waals surface area contributed by atoms with Crippen LogP contribution in [0.3, 0.4) is 0 Å². The van der Waals surface area contributed by atoms with Crippen molar-refractivity contribution >= 4 is 29.2 Å². The van der Waals surface area contributed by atoms with Crippen LogP contribution in [0.2, 0.25) is 0 Å². The van der Waals surface area contributed by atoms with Crippen molar-refractivity contribution in [3.05, 3.63) is 93.2 Å². The Kier molecular flexibility index (Phi) is 8.32. The van der Waals surface area contributed by atoms with Crippen LogP contribution in [0.25, 0.3) is 0 Å². The van der Waals surface area contributed by atoms with Gasteiger partial charge in [-0.2, -0.15) is 0 Å². The summed E-state index contributed by atoms with van der Waals surface area (Å²) >= 11 is 1.33. The Morgan fingerprint density at radius 2 is 1.69 bits per heavy atom. The molecular formula is C28H29NO5S. The summed E-state index contributed by atoms with van der Waals surface area (Å²) in [6.45, 7) is 1.20. The summed E-state index contributed by atoms with van der Waals surface area (Å²) in [6.07, 6.45) is 2.31. The van der Waals surface area contributed by atoms with Crippen LogP contribution in [-0.4, -0.2) is 40.9 Å². The Morgan fingerprint density at radius 1 is 1.00 bits per heavy atom. The zero-order valence-electron chi connectivity index (χ0n) is 19.5. The highest BCUT2D eigenvalue weighted by molar-refractivity contribution is 7.10. The molecule has 7 heteroatoms. The molecule has 1 aromatic heterocycles. The molecule has 1 fully saturated rings. The van der Waals surface area contributed by atoms with E-state index < -0.39 is 5.97 Å². The van der Waals surface area contributed by atoms with Crippen molar-refractivity contribution in [2.24, 2.45) is 0 Å². The van der Waals surface area contributed by atoms with Crippen molar-refractivity contribution in [1.82, 2.24) is 4.90 Å². The Morgan fingerprint density at radius 3 is 2.37 bits per heavy atom. The Hall–Kier alpha value is -3.45. The second kappa shape index (κ2) is 11.8. The molecule has 1 amide bonds. The van der Waals surface area contributed by atoms with Crippen LogP contribution in [0, 0.1) is 0 Å². The first-order chi connectivity index (χ1) is 17.0. The highest BCUT2D eigenvalue weighted by atomic mass is 32.1. The van der Waals surface area contributed by atoms with Gasteiger partial charge in [0.15, 0.2) is 0 Å². The molecule has 1 aliphatic rings. The van der Waals surface area contributed by atoms with Gasteiger partial charge in [0.25, 0.3) is 0 Å². The van der Waals surface area contributed by atoms with Crippen LogP contribution < -0.4 is 0 Å². The normalized spacial score (nSPS) is 15.5. The number of thiophene rings is 1. The van der Waals surface area contributed by atoms with Gasteiger partial charge in [0.1, 0.15) is 12.4 Å². The largest absolute Gasteiger partial charge is 0.478 e. The molecule has 6 nitrogen and oxygen atoms in total. The van der Waals surface area contributed by atoms with Gasteiger partial charge < -0.3 is 14.7 Å². The number of likely N-dealkylation sites (tertiary alicyclic amines) is 1. The molecule has 0 aliphatic carbocycles. The molecule has 1 unspecified atom stereocenters. The standard InChI is InChI=1S/C28H29NO5S/c30-23(14-13-20-8-3-1-4-9-20)16-25-26(27(31)32)24(19-35-25)22-12-7-15-29(17-22)28(33)34-18-21-10-5-2-6-11-21/h1-6,8-11,19,22H,7,12-18H2,(H,31,32). The molecule has 4 rings (SSSR count). The fourth-order valence-electron chi connectivity index (χ4n) is 4.49. The minimum absolute atomic E-state index is 0.0273. The molecule has 0 bridgehead atoms. The summed E-state index contributed by atoms with van der Waals surface area (Å²) in [5.41, 5.74) is 2.95. The fraction of sp³-hybridized carbons (Fsp3) is 0.321.